The van der Waals surface area contributed by atoms with Gasteiger partial charge in [0.05, 0.1) is 11.5 Å². The van der Waals surface area contributed by atoms with Gasteiger partial charge in [0.15, 0.2) is 5.78 Å². The Kier molecular flexibility index (Phi) is 4.53. The Morgan fingerprint density at radius 1 is 1.05 bits per heavy atom. The lowest BCUT2D eigenvalue weighted by atomic mass is 9.75. The number of hydrogen-bond acceptors (Lipinski definition) is 2. The largest absolute Gasteiger partial charge is 0.481 e. The van der Waals surface area contributed by atoms with Gasteiger partial charge in [-0.05, 0) is 31.0 Å². The average molecular weight is 318 g/mol. The Hall–Kier alpha value is -1.92. The van der Waals surface area contributed by atoms with E-state index in [0.717, 1.165) is 6.07 Å². The van der Waals surface area contributed by atoms with Crippen molar-refractivity contribution in [3.05, 3.63) is 35.1 Å². The van der Waals surface area contributed by atoms with E-state index in [4.69, 9.17) is 5.11 Å². The maximum absolute atomic E-state index is 13.4. The summed E-state index contributed by atoms with van der Waals surface area (Å²) in [6.07, 6.45) is -2.91. The predicted octanol–water partition coefficient (Wildman–Crippen LogP) is 3.92. The van der Waals surface area contributed by atoms with Crippen molar-refractivity contribution in [3.63, 3.8) is 0 Å². The fraction of sp³-hybridized carbons (Fsp3) is 0.467. The highest BCUT2D eigenvalue weighted by Gasteiger charge is 2.37. The molecule has 120 valence electrons. The van der Waals surface area contributed by atoms with Gasteiger partial charge in [-0.1, -0.05) is 12.8 Å². The number of rotatable bonds is 3. The van der Waals surface area contributed by atoms with E-state index >= 15 is 0 Å². The maximum atomic E-state index is 13.4. The second kappa shape index (κ2) is 6.06. The van der Waals surface area contributed by atoms with Crippen LogP contribution in [0.25, 0.3) is 0 Å². The van der Waals surface area contributed by atoms with Crippen LogP contribution < -0.4 is 0 Å². The van der Waals surface area contributed by atoms with Gasteiger partial charge in [-0.3, -0.25) is 9.59 Å². The summed E-state index contributed by atoms with van der Waals surface area (Å²) >= 11 is 0. The molecule has 1 fully saturated rings. The monoisotopic (exact) mass is 318 g/mol. The molecule has 0 radical (unpaired) electrons. The summed E-state index contributed by atoms with van der Waals surface area (Å²) in [5.74, 6) is -4.89. The molecule has 0 heterocycles. The third kappa shape index (κ3) is 3.45. The summed E-state index contributed by atoms with van der Waals surface area (Å²) in [4.78, 5) is 23.5. The molecular formula is C15H14F4O3. The van der Waals surface area contributed by atoms with Gasteiger partial charge in [0.2, 0.25) is 0 Å². The van der Waals surface area contributed by atoms with Gasteiger partial charge in [0.25, 0.3) is 0 Å². The second-order valence-corrected chi connectivity index (χ2v) is 5.43. The molecule has 1 aromatic rings. The number of hydrogen-bond donors (Lipinski definition) is 1. The van der Waals surface area contributed by atoms with Crippen molar-refractivity contribution in [1.82, 2.24) is 0 Å². The first-order valence-corrected chi connectivity index (χ1v) is 6.85. The molecule has 0 amide bonds. The van der Waals surface area contributed by atoms with Crippen LogP contribution in [0.2, 0.25) is 0 Å². The first-order valence-electron chi connectivity index (χ1n) is 6.85. The molecule has 22 heavy (non-hydrogen) atoms. The lowest BCUT2D eigenvalue weighted by molar-refractivity contribution is -0.144. The van der Waals surface area contributed by atoms with Crippen molar-refractivity contribution in [2.24, 2.45) is 11.8 Å². The van der Waals surface area contributed by atoms with Crippen LogP contribution >= 0.6 is 0 Å². The molecule has 1 aromatic carbocycles. The van der Waals surface area contributed by atoms with Crippen molar-refractivity contribution in [2.45, 2.75) is 31.9 Å². The Bertz CT molecular complexity index is 595. The first kappa shape index (κ1) is 16.5. The number of aliphatic carboxylic acids is 1. The van der Waals surface area contributed by atoms with Crippen LogP contribution in [0.3, 0.4) is 0 Å². The fourth-order valence-electron chi connectivity index (χ4n) is 2.85. The summed E-state index contributed by atoms with van der Waals surface area (Å²) in [6.45, 7) is 0. The molecule has 2 atom stereocenters. The predicted molar refractivity (Wildman–Crippen MR) is 68.8 cm³/mol. The van der Waals surface area contributed by atoms with E-state index in [9.17, 15) is 27.2 Å². The topological polar surface area (TPSA) is 54.4 Å². The number of halogens is 4. The van der Waals surface area contributed by atoms with E-state index in [1.807, 2.05) is 0 Å². The van der Waals surface area contributed by atoms with Crippen LogP contribution in [0.4, 0.5) is 17.6 Å². The normalized spacial score (nSPS) is 22.4. The minimum Gasteiger partial charge on any atom is -0.481 e. The zero-order valence-electron chi connectivity index (χ0n) is 11.5. The van der Waals surface area contributed by atoms with Crippen LogP contribution in [0, 0.1) is 17.7 Å². The van der Waals surface area contributed by atoms with Crippen molar-refractivity contribution in [3.8, 4) is 0 Å². The third-order valence-electron chi connectivity index (χ3n) is 3.93. The van der Waals surface area contributed by atoms with Gasteiger partial charge < -0.3 is 5.11 Å². The van der Waals surface area contributed by atoms with Crippen molar-refractivity contribution < 1.29 is 32.3 Å². The number of carboxylic acid groups (broad SMARTS) is 1. The number of carbonyl (C=O) groups is 2. The fourth-order valence-corrected chi connectivity index (χ4v) is 2.85. The van der Waals surface area contributed by atoms with Gasteiger partial charge in [-0.15, -0.1) is 0 Å². The molecular weight excluding hydrogens is 304 g/mol. The molecule has 0 aromatic heterocycles. The number of ketones is 1. The summed E-state index contributed by atoms with van der Waals surface area (Å²) in [6, 6.07) is 1.62. The smallest absolute Gasteiger partial charge is 0.416 e. The summed E-state index contributed by atoms with van der Waals surface area (Å²) in [5, 5.41) is 9.14. The average Bonchev–Trinajstić information content (AvgIpc) is 2.45. The molecule has 0 spiro atoms. The van der Waals surface area contributed by atoms with Gasteiger partial charge in [-0.25, -0.2) is 4.39 Å². The van der Waals surface area contributed by atoms with E-state index in [1.54, 1.807) is 0 Å². The number of alkyl halides is 3. The lowest BCUT2D eigenvalue weighted by Crippen LogP contribution is -2.32. The molecule has 1 aliphatic rings. The quantitative estimate of drug-likeness (QED) is 0.679. The maximum Gasteiger partial charge on any atom is 0.416 e. The van der Waals surface area contributed by atoms with Crippen molar-refractivity contribution >= 4 is 11.8 Å². The van der Waals surface area contributed by atoms with E-state index in [-0.39, 0.29) is 6.42 Å². The Morgan fingerprint density at radius 3 is 2.18 bits per heavy atom. The summed E-state index contributed by atoms with van der Waals surface area (Å²) < 4.78 is 51.4. The minimum absolute atomic E-state index is 0.285. The molecule has 0 bridgehead atoms. The van der Waals surface area contributed by atoms with Crippen molar-refractivity contribution in [1.29, 1.82) is 0 Å². The number of benzene rings is 1. The highest BCUT2D eigenvalue weighted by Crippen LogP contribution is 2.35. The van der Waals surface area contributed by atoms with Gasteiger partial charge in [0, 0.05) is 11.5 Å². The Balaban J connectivity index is 2.36. The van der Waals surface area contributed by atoms with E-state index in [2.05, 4.69) is 0 Å². The van der Waals surface area contributed by atoms with Gasteiger partial charge >= 0.3 is 12.1 Å². The molecule has 1 saturated carbocycles. The van der Waals surface area contributed by atoms with Crippen LogP contribution in [0.15, 0.2) is 18.2 Å². The summed E-state index contributed by atoms with van der Waals surface area (Å²) in [7, 11) is 0. The third-order valence-corrected chi connectivity index (χ3v) is 3.93. The molecule has 7 heteroatoms. The van der Waals surface area contributed by atoms with Crippen LogP contribution in [-0.2, 0) is 11.0 Å². The van der Waals surface area contributed by atoms with Crippen molar-refractivity contribution in [2.75, 3.05) is 0 Å². The molecule has 2 rings (SSSR count). The SMILES string of the molecule is O=C(O)C1CCCCC1C(=O)c1cc(F)cc(C(F)(F)F)c1. The molecule has 1 aliphatic carbocycles. The second-order valence-electron chi connectivity index (χ2n) is 5.43. The first-order chi connectivity index (χ1) is 10.2. The summed E-state index contributed by atoms with van der Waals surface area (Å²) in [5.41, 5.74) is -1.68. The zero-order valence-corrected chi connectivity index (χ0v) is 11.5. The van der Waals surface area contributed by atoms with Crippen LogP contribution in [0.5, 0.6) is 0 Å². The lowest BCUT2D eigenvalue weighted by Gasteiger charge is -2.27. The minimum atomic E-state index is -4.77. The highest BCUT2D eigenvalue weighted by atomic mass is 19.4. The molecule has 1 N–H and O–H groups in total. The van der Waals surface area contributed by atoms with Crippen LogP contribution in [0.1, 0.15) is 41.6 Å². The number of carbonyl (C=O) groups excluding carboxylic acids is 1. The Labute approximate surface area is 123 Å². The van der Waals surface area contributed by atoms with E-state index in [0.29, 0.717) is 31.4 Å². The van der Waals surface area contributed by atoms with Crippen LogP contribution in [-0.4, -0.2) is 16.9 Å². The van der Waals surface area contributed by atoms with Gasteiger partial charge in [-0.2, -0.15) is 13.2 Å². The van der Waals surface area contributed by atoms with E-state index < -0.39 is 46.7 Å². The molecule has 0 saturated heterocycles. The number of Topliss-reactive ketones (excluding diaryl/α,β-unsaturated/α-hetero) is 1. The van der Waals surface area contributed by atoms with Gasteiger partial charge in [0.1, 0.15) is 5.82 Å². The van der Waals surface area contributed by atoms with E-state index in [1.165, 1.54) is 0 Å². The molecule has 2 unspecified atom stereocenters. The Morgan fingerprint density at radius 2 is 1.64 bits per heavy atom. The molecule has 0 aliphatic heterocycles. The number of carboxylic acids is 1. The molecule has 3 nitrogen and oxygen atoms in total. The highest BCUT2D eigenvalue weighted by molar-refractivity contribution is 6.00. The zero-order chi connectivity index (χ0) is 16.5. The standard InChI is InChI=1S/C15H14F4O3/c16-10-6-8(5-9(7-10)15(17,18)19)13(20)11-3-1-2-4-12(11)14(21)22/h5-7,11-12H,1-4H2,(H,21,22).